The molecular formula is C17H20N2O5. The van der Waals surface area contributed by atoms with E-state index >= 15 is 0 Å². The average molecular weight is 332 g/mol. The molecule has 1 aliphatic heterocycles. The van der Waals surface area contributed by atoms with Crippen LogP contribution in [-0.4, -0.2) is 58.2 Å². The number of fused-ring (bicyclic) bond motifs is 1. The number of amides is 3. The molecule has 1 N–H and O–H groups in total. The van der Waals surface area contributed by atoms with Crippen molar-refractivity contribution in [2.45, 2.75) is 20.8 Å². The predicted molar refractivity (Wildman–Crippen MR) is 85.6 cm³/mol. The molecule has 0 bridgehead atoms. The fourth-order valence-electron chi connectivity index (χ4n) is 2.64. The molecule has 0 unspecified atom stereocenters. The Hall–Kier alpha value is -2.70. The quantitative estimate of drug-likeness (QED) is 0.789. The van der Waals surface area contributed by atoms with Crippen LogP contribution in [0.25, 0.3) is 0 Å². The van der Waals surface area contributed by atoms with Gasteiger partial charge in [-0.15, -0.1) is 0 Å². The molecule has 0 saturated carbocycles. The molecule has 3 amide bonds. The lowest BCUT2D eigenvalue weighted by Crippen LogP contribution is -2.45. The van der Waals surface area contributed by atoms with Crippen molar-refractivity contribution in [2.24, 2.45) is 5.92 Å². The molecule has 1 aromatic rings. The summed E-state index contributed by atoms with van der Waals surface area (Å²) in [7, 11) is 0. The molecule has 0 atom stereocenters. The van der Waals surface area contributed by atoms with Gasteiger partial charge < -0.3 is 10.0 Å². The Morgan fingerprint density at radius 3 is 2.38 bits per heavy atom. The number of rotatable bonds is 6. The normalized spacial score (nSPS) is 13.4. The molecule has 1 aliphatic rings. The molecule has 0 fully saturated rings. The van der Waals surface area contributed by atoms with Gasteiger partial charge in [-0.05, 0) is 25.0 Å². The number of carbonyl (C=O) groups excluding carboxylic acids is 3. The van der Waals surface area contributed by atoms with Crippen molar-refractivity contribution in [2.75, 3.05) is 19.6 Å². The summed E-state index contributed by atoms with van der Waals surface area (Å²) in [6.45, 7) is 4.85. The number of carboxylic acids is 1. The van der Waals surface area contributed by atoms with E-state index < -0.39 is 36.8 Å². The Balaban J connectivity index is 2.18. The summed E-state index contributed by atoms with van der Waals surface area (Å²) in [6, 6.07) is 4.91. The molecule has 1 aromatic carbocycles. The fourth-order valence-corrected chi connectivity index (χ4v) is 2.64. The number of benzene rings is 1. The summed E-state index contributed by atoms with van der Waals surface area (Å²) in [5, 5.41) is 8.94. The van der Waals surface area contributed by atoms with Crippen LogP contribution in [0.1, 0.15) is 40.1 Å². The van der Waals surface area contributed by atoms with Gasteiger partial charge in [0.25, 0.3) is 11.8 Å². The van der Waals surface area contributed by atoms with Crippen LogP contribution in [0.15, 0.2) is 18.2 Å². The van der Waals surface area contributed by atoms with Crippen molar-refractivity contribution in [1.29, 1.82) is 0 Å². The second-order valence-electron chi connectivity index (χ2n) is 6.31. The third-order valence-corrected chi connectivity index (χ3v) is 3.68. The molecule has 7 heteroatoms. The molecule has 0 aliphatic carbocycles. The lowest BCUT2D eigenvalue weighted by Gasteiger charge is -2.24. The number of carboxylic acid groups (broad SMARTS) is 1. The van der Waals surface area contributed by atoms with Gasteiger partial charge in [-0.25, -0.2) is 0 Å². The van der Waals surface area contributed by atoms with Crippen LogP contribution in [0.5, 0.6) is 0 Å². The first kappa shape index (κ1) is 17.7. The largest absolute Gasteiger partial charge is 0.480 e. The smallest absolute Gasteiger partial charge is 0.323 e. The van der Waals surface area contributed by atoms with Crippen LogP contribution >= 0.6 is 0 Å². The van der Waals surface area contributed by atoms with Crippen LogP contribution in [-0.2, 0) is 9.59 Å². The van der Waals surface area contributed by atoms with E-state index in [2.05, 4.69) is 0 Å². The highest BCUT2D eigenvalue weighted by atomic mass is 16.4. The zero-order valence-corrected chi connectivity index (χ0v) is 13.9. The van der Waals surface area contributed by atoms with E-state index in [1.165, 1.54) is 0 Å². The SMILES string of the molecule is Cc1ccc2c(c1)C(=O)N(CC(=O)N(CC(=O)O)CC(C)C)C2=O. The van der Waals surface area contributed by atoms with Crippen LogP contribution in [0.2, 0.25) is 0 Å². The predicted octanol–water partition coefficient (Wildman–Crippen LogP) is 1.16. The summed E-state index contributed by atoms with van der Waals surface area (Å²) in [5.41, 5.74) is 1.39. The maximum absolute atomic E-state index is 12.4. The van der Waals surface area contributed by atoms with E-state index in [4.69, 9.17) is 5.11 Å². The Morgan fingerprint density at radius 2 is 1.79 bits per heavy atom. The lowest BCUT2D eigenvalue weighted by molar-refractivity contribution is -0.144. The fraction of sp³-hybridized carbons (Fsp3) is 0.412. The summed E-state index contributed by atoms with van der Waals surface area (Å²) < 4.78 is 0. The first-order chi connectivity index (χ1) is 11.2. The lowest BCUT2D eigenvalue weighted by atomic mass is 10.1. The number of hydrogen-bond donors (Lipinski definition) is 1. The first-order valence-electron chi connectivity index (χ1n) is 7.67. The van der Waals surface area contributed by atoms with E-state index in [9.17, 15) is 19.2 Å². The Bertz CT molecular complexity index is 711. The van der Waals surface area contributed by atoms with Gasteiger partial charge in [0.1, 0.15) is 13.1 Å². The maximum atomic E-state index is 12.4. The molecular weight excluding hydrogens is 312 g/mol. The number of aliphatic carboxylic acids is 1. The minimum absolute atomic E-state index is 0.0677. The summed E-state index contributed by atoms with van der Waals surface area (Å²) >= 11 is 0. The number of carbonyl (C=O) groups is 4. The summed E-state index contributed by atoms with van der Waals surface area (Å²) in [6.07, 6.45) is 0. The Kier molecular flexibility index (Phi) is 5.02. The van der Waals surface area contributed by atoms with Gasteiger partial charge in [0.2, 0.25) is 5.91 Å². The number of imide groups is 1. The van der Waals surface area contributed by atoms with Crippen LogP contribution < -0.4 is 0 Å². The van der Waals surface area contributed by atoms with E-state index in [1.807, 2.05) is 20.8 Å². The first-order valence-corrected chi connectivity index (χ1v) is 7.67. The van der Waals surface area contributed by atoms with Crippen molar-refractivity contribution < 1.29 is 24.3 Å². The van der Waals surface area contributed by atoms with E-state index in [0.717, 1.165) is 15.4 Å². The topological polar surface area (TPSA) is 95.0 Å². The molecule has 2 rings (SSSR count). The Morgan fingerprint density at radius 1 is 1.17 bits per heavy atom. The molecule has 0 saturated heterocycles. The summed E-state index contributed by atoms with van der Waals surface area (Å²) in [4.78, 5) is 50.1. The molecule has 7 nitrogen and oxygen atoms in total. The van der Waals surface area contributed by atoms with E-state index in [-0.39, 0.29) is 23.6 Å². The number of nitrogens with zero attached hydrogens (tertiary/aromatic N) is 2. The summed E-state index contributed by atoms with van der Waals surface area (Å²) in [5.74, 6) is -2.67. The zero-order chi connectivity index (χ0) is 18.0. The molecule has 0 spiro atoms. The van der Waals surface area contributed by atoms with E-state index in [1.54, 1.807) is 18.2 Å². The van der Waals surface area contributed by atoms with Crippen LogP contribution in [0.4, 0.5) is 0 Å². The van der Waals surface area contributed by atoms with Gasteiger partial charge >= 0.3 is 5.97 Å². The number of hydrogen-bond acceptors (Lipinski definition) is 4. The molecule has 0 aromatic heterocycles. The molecule has 1 heterocycles. The van der Waals surface area contributed by atoms with Crippen LogP contribution in [0, 0.1) is 12.8 Å². The standard InChI is InChI=1S/C17H20N2O5/c1-10(2)7-18(9-15(21)22)14(20)8-19-16(23)12-5-4-11(3)6-13(12)17(19)24/h4-6,10H,7-9H2,1-3H3,(H,21,22). The van der Waals surface area contributed by atoms with Crippen molar-refractivity contribution in [1.82, 2.24) is 9.80 Å². The monoisotopic (exact) mass is 332 g/mol. The average Bonchev–Trinajstić information content (AvgIpc) is 2.70. The van der Waals surface area contributed by atoms with Gasteiger partial charge in [0, 0.05) is 6.54 Å². The number of aryl methyl sites for hydroxylation is 1. The van der Waals surface area contributed by atoms with Crippen molar-refractivity contribution >= 4 is 23.7 Å². The maximum Gasteiger partial charge on any atom is 0.323 e. The van der Waals surface area contributed by atoms with Gasteiger partial charge in [-0.2, -0.15) is 0 Å². The second kappa shape index (κ2) is 6.82. The molecule has 24 heavy (non-hydrogen) atoms. The third kappa shape index (κ3) is 3.61. The van der Waals surface area contributed by atoms with Crippen LogP contribution in [0.3, 0.4) is 0 Å². The van der Waals surface area contributed by atoms with Gasteiger partial charge in [0.15, 0.2) is 0 Å². The molecule has 128 valence electrons. The highest BCUT2D eigenvalue weighted by Gasteiger charge is 2.37. The second-order valence-corrected chi connectivity index (χ2v) is 6.31. The van der Waals surface area contributed by atoms with Crippen molar-refractivity contribution in [3.63, 3.8) is 0 Å². The minimum Gasteiger partial charge on any atom is -0.480 e. The highest BCUT2D eigenvalue weighted by molar-refractivity contribution is 6.22. The van der Waals surface area contributed by atoms with Crippen molar-refractivity contribution in [3.05, 3.63) is 34.9 Å². The van der Waals surface area contributed by atoms with Gasteiger partial charge in [0.05, 0.1) is 11.1 Å². The molecule has 0 radical (unpaired) electrons. The van der Waals surface area contributed by atoms with Gasteiger partial charge in [-0.1, -0.05) is 25.5 Å². The third-order valence-electron chi connectivity index (χ3n) is 3.68. The van der Waals surface area contributed by atoms with Crippen molar-refractivity contribution in [3.8, 4) is 0 Å². The zero-order valence-electron chi connectivity index (χ0n) is 13.9. The van der Waals surface area contributed by atoms with E-state index in [0.29, 0.717) is 0 Å². The highest BCUT2D eigenvalue weighted by Crippen LogP contribution is 2.23. The Labute approximate surface area is 139 Å². The van der Waals surface area contributed by atoms with Gasteiger partial charge in [-0.3, -0.25) is 24.1 Å². The minimum atomic E-state index is -1.14.